The summed E-state index contributed by atoms with van der Waals surface area (Å²) in [5.41, 5.74) is -4.94. The Kier molecular flexibility index (Phi) is 6.76. The van der Waals surface area contributed by atoms with Crippen molar-refractivity contribution in [2.75, 3.05) is 0 Å². The molecule has 0 aliphatic heterocycles. The van der Waals surface area contributed by atoms with E-state index in [0.717, 1.165) is 0 Å². The molecule has 0 radical (unpaired) electrons. The lowest BCUT2D eigenvalue weighted by Gasteiger charge is -2.38. The van der Waals surface area contributed by atoms with Gasteiger partial charge in [-0.25, -0.2) is 0 Å². The lowest BCUT2D eigenvalue weighted by Crippen LogP contribution is -2.58. The number of esters is 1. The molecule has 3 nitrogen and oxygen atoms in total. The average molecular weight is 527 g/mol. The number of fused-ring (bicyclic) bond motifs is 2. The fourth-order valence-electron chi connectivity index (χ4n) is 4.20. The van der Waals surface area contributed by atoms with Crippen LogP contribution in [0.4, 0.5) is 43.9 Å². The first-order valence-corrected chi connectivity index (χ1v) is 9.57. The quantitative estimate of drug-likeness (QED) is 0.267. The molecule has 0 aromatic rings. The van der Waals surface area contributed by atoms with Crippen LogP contribution in [-0.4, -0.2) is 45.9 Å². The summed E-state index contributed by atoms with van der Waals surface area (Å²) in [4.78, 5) is 7.16. The Balaban J connectivity index is 2.02. The van der Waals surface area contributed by atoms with Gasteiger partial charge < -0.3 is 9.84 Å². The third-order valence-corrected chi connectivity index (χ3v) is 6.31. The summed E-state index contributed by atoms with van der Waals surface area (Å²) in [5.74, 6) is -8.46. The predicted molar refractivity (Wildman–Crippen MR) is 83.9 cm³/mol. The molecule has 2 saturated carbocycles. The monoisotopic (exact) mass is 526 g/mol. The van der Waals surface area contributed by atoms with E-state index in [0.29, 0.717) is 0 Å². The fraction of sp³-hybridized carbons (Fsp3) is 0.938. The highest BCUT2D eigenvalue weighted by molar-refractivity contribution is 9.10. The maximum absolute atomic E-state index is 13.2. The van der Waals surface area contributed by atoms with Crippen LogP contribution in [0.25, 0.3) is 0 Å². The molecule has 1 N–H and O–H groups in total. The first-order chi connectivity index (χ1) is 13.3. The van der Waals surface area contributed by atoms with Crippen LogP contribution in [0.3, 0.4) is 0 Å². The molecular weight excluding hydrogens is 510 g/mol. The summed E-state index contributed by atoms with van der Waals surface area (Å²) in [7, 11) is 0. The first kappa shape index (κ1) is 25.5. The molecule has 30 heavy (non-hydrogen) atoms. The molecule has 2 aliphatic carbocycles. The standard InChI is InChI=1S/C16H17BrF10O3/c17-14(20,21)13(18,19)2-1-11(28)30-10-5-7-3-8(9(10)4-7)6-12(29,15(22,23)24)16(25,26)27/h7-10,29H,1-6H2. The zero-order chi connectivity index (χ0) is 23.3. The molecule has 0 aromatic carbocycles. The van der Waals surface area contributed by atoms with Gasteiger partial charge >= 0.3 is 29.1 Å². The zero-order valence-corrected chi connectivity index (χ0v) is 16.6. The summed E-state index contributed by atoms with van der Waals surface area (Å²) in [5, 5.41) is 9.37. The van der Waals surface area contributed by atoms with Gasteiger partial charge in [0.2, 0.25) is 0 Å². The number of carbonyl (C=O) groups excluding carboxylic acids is 1. The van der Waals surface area contributed by atoms with Crippen molar-refractivity contribution in [3.8, 4) is 0 Å². The summed E-state index contributed by atoms with van der Waals surface area (Å²) in [6.07, 6.45) is -17.3. The van der Waals surface area contributed by atoms with Crippen molar-refractivity contribution in [2.45, 2.75) is 73.3 Å². The van der Waals surface area contributed by atoms with Gasteiger partial charge in [-0.05, 0) is 59.4 Å². The lowest BCUT2D eigenvalue weighted by atomic mass is 9.78. The van der Waals surface area contributed by atoms with Gasteiger partial charge in [0, 0.05) is 6.42 Å². The second-order valence-corrected chi connectivity index (χ2v) is 8.78. The number of ether oxygens (including phenoxy) is 1. The van der Waals surface area contributed by atoms with E-state index in [2.05, 4.69) is 0 Å². The molecule has 4 atom stereocenters. The Morgan fingerprint density at radius 3 is 1.90 bits per heavy atom. The molecule has 0 saturated heterocycles. The van der Waals surface area contributed by atoms with Crippen LogP contribution in [0.15, 0.2) is 0 Å². The van der Waals surface area contributed by atoms with Gasteiger partial charge in [-0.2, -0.15) is 43.9 Å². The van der Waals surface area contributed by atoms with Crippen molar-refractivity contribution in [2.24, 2.45) is 17.8 Å². The summed E-state index contributed by atoms with van der Waals surface area (Å²) < 4.78 is 134. The van der Waals surface area contributed by atoms with E-state index in [4.69, 9.17) is 4.74 Å². The van der Waals surface area contributed by atoms with E-state index in [1.807, 2.05) is 0 Å². The molecular formula is C16H17BrF10O3. The summed E-state index contributed by atoms with van der Waals surface area (Å²) >= 11 is 1.49. The molecule has 0 spiro atoms. The van der Waals surface area contributed by atoms with Gasteiger partial charge in [-0.3, -0.25) is 4.79 Å². The van der Waals surface area contributed by atoms with Gasteiger partial charge in [0.05, 0.1) is 6.42 Å². The highest BCUT2D eigenvalue weighted by Gasteiger charge is 2.71. The van der Waals surface area contributed by atoms with E-state index in [1.165, 1.54) is 15.9 Å². The second-order valence-electron chi connectivity index (χ2n) is 7.79. The minimum absolute atomic E-state index is 0.0545. The Hall–Kier alpha value is -0.790. The van der Waals surface area contributed by atoms with Gasteiger partial charge in [0.25, 0.3) is 5.60 Å². The van der Waals surface area contributed by atoms with Crippen molar-refractivity contribution in [3.63, 3.8) is 0 Å². The molecule has 2 aliphatic rings. The number of hydrogen-bond acceptors (Lipinski definition) is 3. The third kappa shape index (κ3) is 4.99. The Bertz CT molecular complexity index is 629. The van der Waals surface area contributed by atoms with Crippen LogP contribution in [0.2, 0.25) is 0 Å². The average Bonchev–Trinajstić information content (AvgIpc) is 3.09. The molecule has 2 fully saturated rings. The Morgan fingerprint density at radius 1 is 0.933 bits per heavy atom. The molecule has 2 bridgehead atoms. The molecule has 0 aromatic heterocycles. The van der Waals surface area contributed by atoms with Crippen molar-refractivity contribution in [1.82, 2.24) is 0 Å². The minimum atomic E-state index is -5.98. The van der Waals surface area contributed by atoms with Crippen molar-refractivity contribution in [1.29, 1.82) is 0 Å². The van der Waals surface area contributed by atoms with Crippen molar-refractivity contribution < 1.29 is 58.5 Å². The van der Waals surface area contributed by atoms with Crippen LogP contribution in [0, 0.1) is 17.8 Å². The van der Waals surface area contributed by atoms with E-state index >= 15 is 0 Å². The smallest absolute Gasteiger partial charge is 0.426 e. The number of hydrogen-bond donors (Lipinski definition) is 1. The number of carbonyl (C=O) groups is 1. The van der Waals surface area contributed by atoms with Crippen LogP contribution >= 0.6 is 15.9 Å². The number of aliphatic hydroxyl groups is 1. The molecule has 14 heteroatoms. The van der Waals surface area contributed by atoms with Crippen LogP contribution < -0.4 is 0 Å². The predicted octanol–water partition coefficient (Wildman–Crippen LogP) is 5.59. The van der Waals surface area contributed by atoms with Crippen LogP contribution in [-0.2, 0) is 9.53 Å². The maximum atomic E-state index is 13.2. The fourth-order valence-corrected chi connectivity index (χ4v) is 4.40. The molecule has 0 amide bonds. The summed E-state index contributed by atoms with van der Waals surface area (Å²) in [6.45, 7) is 0. The number of halogens is 11. The maximum Gasteiger partial charge on any atom is 0.426 e. The molecule has 176 valence electrons. The molecule has 0 heterocycles. The van der Waals surface area contributed by atoms with Crippen molar-refractivity contribution >= 4 is 21.9 Å². The number of rotatable bonds is 7. The summed E-state index contributed by atoms with van der Waals surface area (Å²) in [6, 6.07) is 0. The molecule has 2 rings (SSSR count). The van der Waals surface area contributed by atoms with E-state index in [1.54, 1.807) is 0 Å². The van der Waals surface area contributed by atoms with E-state index < -0.39 is 71.9 Å². The Labute approximate surface area is 172 Å². The topological polar surface area (TPSA) is 46.5 Å². The number of alkyl halides is 11. The Morgan fingerprint density at radius 2 is 1.47 bits per heavy atom. The van der Waals surface area contributed by atoms with Crippen LogP contribution in [0.1, 0.15) is 38.5 Å². The largest absolute Gasteiger partial charge is 0.462 e. The first-order valence-electron chi connectivity index (χ1n) is 8.78. The SMILES string of the molecule is O=C(CCC(F)(F)C(F)(F)Br)OC1CC2CC(CC(O)(C(F)(F)F)C(F)(F)F)C1C2. The highest BCUT2D eigenvalue weighted by atomic mass is 79.9. The van der Waals surface area contributed by atoms with Gasteiger partial charge in [-0.15, -0.1) is 0 Å². The van der Waals surface area contributed by atoms with Gasteiger partial charge in [0.1, 0.15) is 6.10 Å². The lowest BCUT2D eigenvalue weighted by molar-refractivity contribution is -0.373. The zero-order valence-electron chi connectivity index (χ0n) is 15.0. The van der Waals surface area contributed by atoms with Crippen LogP contribution in [0.5, 0.6) is 0 Å². The van der Waals surface area contributed by atoms with E-state index in [-0.39, 0.29) is 25.2 Å². The normalized spacial score (nSPS) is 28.1. The molecule has 4 unspecified atom stereocenters. The van der Waals surface area contributed by atoms with E-state index in [9.17, 15) is 53.8 Å². The van der Waals surface area contributed by atoms with Gasteiger partial charge in [-0.1, -0.05) is 0 Å². The highest BCUT2D eigenvalue weighted by Crippen LogP contribution is 2.56. The van der Waals surface area contributed by atoms with Crippen molar-refractivity contribution in [3.05, 3.63) is 0 Å². The minimum Gasteiger partial charge on any atom is -0.462 e. The van der Waals surface area contributed by atoms with Gasteiger partial charge in [0.15, 0.2) is 0 Å². The second kappa shape index (κ2) is 7.96. The third-order valence-electron chi connectivity index (χ3n) is 5.73.